The second-order valence-corrected chi connectivity index (χ2v) is 7.30. The zero-order valence-electron chi connectivity index (χ0n) is 8.14. The minimum absolute atomic E-state index is 0.147. The molecule has 88 valence electrons. The lowest BCUT2D eigenvalue weighted by Crippen LogP contribution is -2.02. The third-order valence-corrected chi connectivity index (χ3v) is 4.82. The molecule has 2 aromatic rings. The Labute approximate surface area is 123 Å². The SMILES string of the molecule is O=C(c1cc(Br)sc1Br)c1cccc(F)c1Cl. The first-order chi connectivity index (χ1) is 8.00. The Morgan fingerprint density at radius 3 is 2.59 bits per heavy atom. The van der Waals surface area contributed by atoms with Crippen LogP contribution in [0.15, 0.2) is 31.8 Å². The number of halogens is 4. The van der Waals surface area contributed by atoms with Crippen molar-refractivity contribution >= 4 is 60.6 Å². The predicted molar refractivity (Wildman–Crippen MR) is 74.6 cm³/mol. The molecule has 0 saturated carbocycles. The molecule has 0 bridgehead atoms. The van der Waals surface area contributed by atoms with Crippen LogP contribution in [0.1, 0.15) is 15.9 Å². The smallest absolute Gasteiger partial charge is 0.196 e. The Bertz CT molecular complexity index is 597. The van der Waals surface area contributed by atoms with E-state index in [2.05, 4.69) is 31.9 Å². The molecule has 0 radical (unpaired) electrons. The van der Waals surface area contributed by atoms with Crippen LogP contribution >= 0.6 is 54.8 Å². The summed E-state index contributed by atoms with van der Waals surface area (Å²) in [4.78, 5) is 12.2. The molecule has 0 saturated heterocycles. The van der Waals surface area contributed by atoms with Crippen molar-refractivity contribution in [2.24, 2.45) is 0 Å². The van der Waals surface area contributed by atoms with Crippen molar-refractivity contribution in [3.8, 4) is 0 Å². The van der Waals surface area contributed by atoms with Gasteiger partial charge >= 0.3 is 0 Å². The number of rotatable bonds is 2. The first kappa shape index (κ1) is 13.2. The molecular formula is C11H4Br2ClFOS. The van der Waals surface area contributed by atoms with Gasteiger partial charge in [0.25, 0.3) is 0 Å². The highest BCUT2D eigenvalue weighted by molar-refractivity contribution is 9.12. The van der Waals surface area contributed by atoms with Crippen LogP contribution < -0.4 is 0 Å². The number of carbonyl (C=O) groups is 1. The quantitative estimate of drug-likeness (QED) is 0.628. The van der Waals surface area contributed by atoms with Crippen LogP contribution in [-0.2, 0) is 0 Å². The zero-order valence-corrected chi connectivity index (χ0v) is 12.9. The molecule has 0 atom stereocenters. The fraction of sp³-hybridized carbons (Fsp3) is 0. The van der Waals surface area contributed by atoms with E-state index in [4.69, 9.17) is 11.6 Å². The normalized spacial score (nSPS) is 10.6. The van der Waals surface area contributed by atoms with E-state index in [0.29, 0.717) is 9.35 Å². The van der Waals surface area contributed by atoms with E-state index in [-0.39, 0.29) is 16.4 Å². The fourth-order valence-corrected chi connectivity index (χ4v) is 4.32. The summed E-state index contributed by atoms with van der Waals surface area (Å²) in [6.07, 6.45) is 0. The van der Waals surface area contributed by atoms with Gasteiger partial charge in [0.15, 0.2) is 5.78 Å². The maximum absolute atomic E-state index is 13.3. The minimum Gasteiger partial charge on any atom is -0.288 e. The highest BCUT2D eigenvalue weighted by atomic mass is 79.9. The summed E-state index contributed by atoms with van der Waals surface area (Å²) in [7, 11) is 0. The standard InChI is InChI=1S/C11H4Br2ClFOS/c12-8-4-6(11(13)17-8)10(16)5-2-1-3-7(15)9(5)14/h1-4H. The lowest BCUT2D eigenvalue weighted by molar-refractivity contribution is 0.103. The molecule has 1 heterocycles. The summed E-state index contributed by atoms with van der Waals surface area (Å²) < 4.78 is 14.8. The summed E-state index contributed by atoms with van der Waals surface area (Å²) in [6, 6.07) is 5.87. The van der Waals surface area contributed by atoms with E-state index in [0.717, 1.165) is 3.79 Å². The Morgan fingerprint density at radius 1 is 1.29 bits per heavy atom. The molecule has 0 amide bonds. The van der Waals surface area contributed by atoms with Crippen LogP contribution in [0.25, 0.3) is 0 Å². The predicted octanol–water partition coefficient (Wildman–Crippen LogP) is 5.30. The average Bonchev–Trinajstić information content (AvgIpc) is 2.61. The first-order valence-corrected chi connectivity index (χ1v) is 7.22. The molecular weight excluding hydrogens is 394 g/mol. The van der Waals surface area contributed by atoms with Gasteiger partial charge in [0.1, 0.15) is 5.82 Å². The van der Waals surface area contributed by atoms with Crippen molar-refractivity contribution in [1.82, 2.24) is 0 Å². The van der Waals surface area contributed by atoms with E-state index in [9.17, 15) is 9.18 Å². The number of hydrogen-bond donors (Lipinski definition) is 0. The van der Waals surface area contributed by atoms with Gasteiger partial charge in [0.2, 0.25) is 0 Å². The largest absolute Gasteiger partial charge is 0.288 e. The van der Waals surface area contributed by atoms with Crippen molar-refractivity contribution in [2.45, 2.75) is 0 Å². The zero-order chi connectivity index (χ0) is 12.6. The van der Waals surface area contributed by atoms with Gasteiger partial charge in [-0.2, -0.15) is 0 Å². The van der Waals surface area contributed by atoms with Crippen molar-refractivity contribution in [3.63, 3.8) is 0 Å². The van der Waals surface area contributed by atoms with E-state index in [1.807, 2.05) is 0 Å². The van der Waals surface area contributed by atoms with E-state index in [1.54, 1.807) is 6.07 Å². The number of ketones is 1. The first-order valence-electron chi connectivity index (χ1n) is 4.44. The highest BCUT2D eigenvalue weighted by Crippen LogP contribution is 2.34. The van der Waals surface area contributed by atoms with Gasteiger partial charge < -0.3 is 0 Å². The van der Waals surface area contributed by atoms with Crippen LogP contribution in [-0.4, -0.2) is 5.78 Å². The van der Waals surface area contributed by atoms with E-state index in [1.165, 1.54) is 29.5 Å². The molecule has 1 aromatic carbocycles. The van der Waals surface area contributed by atoms with Gasteiger partial charge in [0, 0.05) is 11.1 Å². The van der Waals surface area contributed by atoms with Gasteiger partial charge in [-0.05, 0) is 50.1 Å². The van der Waals surface area contributed by atoms with E-state index >= 15 is 0 Å². The monoisotopic (exact) mass is 396 g/mol. The Hall–Kier alpha value is -0.230. The summed E-state index contributed by atoms with van der Waals surface area (Å²) in [5, 5.41) is -0.147. The summed E-state index contributed by atoms with van der Waals surface area (Å²) in [6.45, 7) is 0. The Morgan fingerprint density at radius 2 is 2.00 bits per heavy atom. The molecule has 6 heteroatoms. The van der Waals surface area contributed by atoms with Crippen molar-refractivity contribution < 1.29 is 9.18 Å². The molecule has 0 N–H and O–H groups in total. The van der Waals surface area contributed by atoms with Gasteiger partial charge in [-0.1, -0.05) is 17.7 Å². The van der Waals surface area contributed by atoms with Crippen molar-refractivity contribution in [2.75, 3.05) is 0 Å². The van der Waals surface area contributed by atoms with Crippen molar-refractivity contribution in [1.29, 1.82) is 0 Å². The molecule has 0 unspecified atom stereocenters. The molecule has 17 heavy (non-hydrogen) atoms. The van der Waals surface area contributed by atoms with E-state index < -0.39 is 5.82 Å². The minimum atomic E-state index is -0.595. The molecule has 0 spiro atoms. The summed E-state index contributed by atoms with van der Waals surface area (Å²) in [5.41, 5.74) is 0.632. The fourth-order valence-electron chi connectivity index (χ4n) is 1.32. The molecule has 0 aliphatic heterocycles. The van der Waals surface area contributed by atoms with Crippen molar-refractivity contribution in [3.05, 3.63) is 53.8 Å². The number of benzene rings is 1. The van der Waals surface area contributed by atoms with Crippen LogP contribution in [0.4, 0.5) is 4.39 Å². The second-order valence-electron chi connectivity index (χ2n) is 3.17. The average molecular weight is 398 g/mol. The van der Waals surface area contributed by atoms with Crippen LogP contribution in [0, 0.1) is 5.82 Å². The lowest BCUT2D eigenvalue weighted by Gasteiger charge is -2.03. The lowest BCUT2D eigenvalue weighted by atomic mass is 10.1. The molecule has 0 aliphatic rings. The number of hydrogen-bond acceptors (Lipinski definition) is 2. The second kappa shape index (κ2) is 5.18. The topological polar surface area (TPSA) is 17.1 Å². The van der Waals surface area contributed by atoms with Crippen LogP contribution in [0.2, 0.25) is 5.02 Å². The van der Waals surface area contributed by atoms with Gasteiger partial charge in [-0.25, -0.2) is 4.39 Å². The van der Waals surface area contributed by atoms with Gasteiger partial charge in [-0.3, -0.25) is 4.79 Å². The maximum Gasteiger partial charge on any atom is 0.196 e. The molecule has 0 fully saturated rings. The molecule has 1 aromatic heterocycles. The Kier molecular flexibility index (Phi) is 4.02. The number of thiophene rings is 1. The highest BCUT2D eigenvalue weighted by Gasteiger charge is 2.19. The Balaban J connectivity index is 2.51. The van der Waals surface area contributed by atoms with Gasteiger partial charge in [-0.15, -0.1) is 11.3 Å². The van der Waals surface area contributed by atoms with Gasteiger partial charge in [0.05, 0.1) is 12.6 Å². The molecule has 1 nitrogen and oxygen atoms in total. The van der Waals surface area contributed by atoms with Crippen LogP contribution in [0.5, 0.6) is 0 Å². The summed E-state index contributed by atoms with van der Waals surface area (Å²) in [5.74, 6) is -0.897. The maximum atomic E-state index is 13.3. The summed E-state index contributed by atoms with van der Waals surface area (Å²) >= 11 is 13.7. The molecule has 2 rings (SSSR count). The van der Waals surface area contributed by atoms with Crippen LogP contribution in [0.3, 0.4) is 0 Å². The third-order valence-electron chi connectivity index (χ3n) is 2.10. The third kappa shape index (κ3) is 2.62. The number of carbonyl (C=O) groups excluding carboxylic acids is 1. The molecule has 0 aliphatic carbocycles.